The van der Waals surface area contributed by atoms with E-state index in [1.54, 1.807) is 50.2 Å². The molecule has 0 saturated heterocycles. The first-order valence-corrected chi connectivity index (χ1v) is 10.7. The summed E-state index contributed by atoms with van der Waals surface area (Å²) in [5.74, 6) is 0.489. The quantitative estimate of drug-likeness (QED) is 0.562. The van der Waals surface area contributed by atoms with Gasteiger partial charge < -0.3 is 4.57 Å². The molecule has 0 aliphatic carbocycles. The average molecular weight is 427 g/mol. The Labute approximate surface area is 168 Å². The molecule has 1 N–H and O–H groups in total. The SMILES string of the molecule is Cc1nc2ccc(C(C(C)C)S(=O)(=O)O)cc2n1Cc1cc(Cl)ccc1Cl. The topological polar surface area (TPSA) is 72.2 Å². The summed E-state index contributed by atoms with van der Waals surface area (Å²) < 4.78 is 35.4. The fourth-order valence-corrected chi connectivity index (χ4v) is 4.92. The molecular formula is C19H20Cl2N2O3S. The molecule has 1 unspecified atom stereocenters. The number of benzene rings is 2. The predicted molar refractivity (Wildman–Crippen MR) is 109 cm³/mol. The minimum absolute atomic E-state index is 0.280. The second kappa shape index (κ2) is 7.43. The molecule has 0 fully saturated rings. The molecule has 3 rings (SSSR count). The van der Waals surface area contributed by atoms with Gasteiger partial charge in [0.25, 0.3) is 10.1 Å². The van der Waals surface area contributed by atoms with E-state index in [4.69, 9.17) is 23.2 Å². The summed E-state index contributed by atoms with van der Waals surface area (Å²) >= 11 is 12.4. The molecule has 0 radical (unpaired) electrons. The van der Waals surface area contributed by atoms with Crippen molar-refractivity contribution in [3.63, 3.8) is 0 Å². The van der Waals surface area contributed by atoms with Crippen molar-refractivity contribution >= 4 is 44.4 Å². The van der Waals surface area contributed by atoms with Crippen molar-refractivity contribution in [3.05, 3.63) is 63.4 Å². The first-order valence-electron chi connectivity index (χ1n) is 8.45. The summed E-state index contributed by atoms with van der Waals surface area (Å²) in [4.78, 5) is 4.54. The zero-order chi connectivity index (χ0) is 19.9. The summed E-state index contributed by atoms with van der Waals surface area (Å²) in [6, 6.07) is 10.5. The maximum atomic E-state index is 11.9. The summed E-state index contributed by atoms with van der Waals surface area (Å²) in [6.07, 6.45) is 0. The fraction of sp³-hybridized carbons (Fsp3) is 0.316. The van der Waals surface area contributed by atoms with Gasteiger partial charge in [-0.15, -0.1) is 0 Å². The zero-order valence-electron chi connectivity index (χ0n) is 15.1. The van der Waals surface area contributed by atoms with Gasteiger partial charge >= 0.3 is 0 Å². The molecule has 1 aromatic heterocycles. The van der Waals surface area contributed by atoms with E-state index in [1.165, 1.54) is 0 Å². The summed E-state index contributed by atoms with van der Waals surface area (Å²) in [6.45, 7) is 5.85. The lowest BCUT2D eigenvalue weighted by Crippen LogP contribution is -2.18. The molecule has 144 valence electrons. The predicted octanol–water partition coefficient (Wildman–Crippen LogP) is 5.28. The molecule has 0 amide bonds. The van der Waals surface area contributed by atoms with Gasteiger partial charge in [-0.25, -0.2) is 4.98 Å². The van der Waals surface area contributed by atoms with Gasteiger partial charge in [-0.1, -0.05) is 43.1 Å². The molecule has 0 aliphatic rings. The van der Waals surface area contributed by atoms with E-state index < -0.39 is 15.4 Å². The van der Waals surface area contributed by atoms with Crippen LogP contribution < -0.4 is 0 Å². The van der Waals surface area contributed by atoms with Crippen molar-refractivity contribution in [2.75, 3.05) is 0 Å². The number of aryl methyl sites for hydroxylation is 1. The van der Waals surface area contributed by atoms with Crippen LogP contribution in [0.1, 0.15) is 36.0 Å². The van der Waals surface area contributed by atoms with Crippen molar-refractivity contribution in [1.29, 1.82) is 0 Å². The maximum Gasteiger partial charge on any atom is 0.272 e. The number of nitrogens with zero attached hydrogens (tertiary/aromatic N) is 2. The normalized spacial score (nSPS) is 13.4. The van der Waals surface area contributed by atoms with E-state index in [2.05, 4.69) is 4.98 Å². The van der Waals surface area contributed by atoms with Gasteiger partial charge in [0.05, 0.1) is 17.6 Å². The van der Waals surface area contributed by atoms with E-state index in [0.717, 1.165) is 22.4 Å². The molecule has 2 aromatic carbocycles. The van der Waals surface area contributed by atoms with Crippen molar-refractivity contribution in [1.82, 2.24) is 9.55 Å². The van der Waals surface area contributed by atoms with Gasteiger partial charge in [0.15, 0.2) is 0 Å². The van der Waals surface area contributed by atoms with E-state index in [-0.39, 0.29) is 5.92 Å². The third-order valence-corrected chi connectivity index (χ3v) is 6.62. The molecule has 0 saturated carbocycles. The molecule has 0 bridgehead atoms. The van der Waals surface area contributed by atoms with E-state index in [0.29, 0.717) is 22.2 Å². The highest BCUT2D eigenvalue weighted by atomic mass is 35.5. The van der Waals surface area contributed by atoms with E-state index >= 15 is 0 Å². The lowest BCUT2D eigenvalue weighted by atomic mass is 10.0. The summed E-state index contributed by atoms with van der Waals surface area (Å²) in [7, 11) is -4.23. The Morgan fingerprint density at radius 1 is 1.15 bits per heavy atom. The Morgan fingerprint density at radius 2 is 1.85 bits per heavy atom. The van der Waals surface area contributed by atoms with Crippen LogP contribution in [0.4, 0.5) is 0 Å². The van der Waals surface area contributed by atoms with Crippen molar-refractivity contribution in [3.8, 4) is 0 Å². The van der Waals surface area contributed by atoms with Crippen molar-refractivity contribution in [2.45, 2.75) is 32.6 Å². The largest absolute Gasteiger partial charge is 0.324 e. The first-order chi connectivity index (χ1) is 12.6. The maximum absolute atomic E-state index is 11.9. The Morgan fingerprint density at radius 3 is 2.48 bits per heavy atom. The zero-order valence-corrected chi connectivity index (χ0v) is 17.5. The van der Waals surface area contributed by atoms with Gasteiger partial charge in [-0.2, -0.15) is 8.42 Å². The third kappa shape index (κ3) is 4.14. The summed E-state index contributed by atoms with van der Waals surface area (Å²) in [5, 5.41) is 0.179. The molecule has 27 heavy (non-hydrogen) atoms. The number of hydrogen-bond acceptors (Lipinski definition) is 3. The van der Waals surface area contributed by atoms with Gasteiger partial charge in [-0.3, -0.25) is 4.55 Å². The number of hydrogen-bond donors (Lipinski definition) is 1. The molecule has 1 heterocycles. The first kappa shape index (κ1) is 20.1. The average Bonchev–Trinajstić information content (AvgIpc) is 2.85. The highest BCUT2D eigenvalue weighted by molar-refractivity contribution is 7.86. The number of aromatic nitrogens is 2. The van der Waals surface area contributed by atoms with E-state index in [9.17, 15) is 13.0 Å². The third-order valence-electron chi connectivity index (χ3n) is 4.55. The Balaban J connectivity index is 2.14. The van der Waals surface area contributed by atoms with Gasteiger partial charge in [0.2, 0.25) is 0 Å². The Hall–Kier alpha value is -1.60. The minimum atomic E-state index is -4.23. The molecule has 3 aromatic rings. The van der Waals surface area contributed by atoms with Crippen LogP contribution in [0.25, 0.3) is 11.0 Å². The number of rotatable bonds is 5. The highest BCUT2D eigenvalue weighted by Gasteiger charge is 2.29. The van der Waals surface area contributed by atoms with Gasteiger partial charge in [-0.05, 0) is 54.3 Å². The van der Waals surface area contributed by atoms with Crippen LogP contribution in [-0.2, 0) is 16.7 Å². The molecule has 0 aliphatic heterocycles. The van der Waals surface area contributed by atoms with Crippen molar-refractivity contribution < 1.29 is 13.0 Å². The second-order valence-corrected chi connectivity index (χ2v) is 9.29. The van der Waals surface area contributed by atoms with Crippen LogP contribution in [-0.4, -0.2) is 22.5 Å². The van der Waals surface area contributed by atoms with Crippen molar-refractivity contribution in [2.24, 2.45) is 5.92 Å². The fourth-order valence-electron chi connectivity index (χ4n) is 3.37. The van der Waals surface area contributed by atoms with Crippen LogP contribution in [0.5, 0.6) is 0 Å². The van der Waals surface area contributed by atoms with E-state index in [1.807, 2.05) is 11.5 Å². The van der Waals surface area contributed by atoms with Crippen LogP contribution >= 0.6 is 23.2 Å². The number of fused-ring (bicyclic) bond motifs is 1. The number of imidazole rings is 1. The Bertz CT molecular complexity index is 1110. The summed E-state index contributed by atoms with van der Waals surface area (Å²) in [5.41, 5.74) is 2.88. The van der Waals surface area contributed by atoms with Crippen LogP contribution in [0, 0.1) is 12.8 Å². The van der Waals surface area contributed by atoms with Gasteiger partial charge in [0, 0.05) is 10.0 Å². The highest BCUT2D eigenvalue weighted by Crippen LogP contribution is 2.32. The molecule has 8 heteroatoms. The lowest BCUT2D eigenvalue weighted by molar-refractivity contribution is 0.446. The number of halogens is 2. The standard InChI is InChI=1S/C19H20Cl2N2O3S/c1-11(2)19(27(24,25)26)13-4-7-17-18(9-13)23(12(3)22-17)10-14-8-15(20)5-6-16(14)21/h4-9,11,19H,10H2,1-3H3,(H,24,25,26). The lowest BCUT2D eigenvalue weighted by Gasteiger charge is -2.18. The second-order valence-electron chi connectivity index (χ2n) is 6.91. The molecule has 1 atom stereocenters. The molecule has 5 nitrogen and oxygen atoms in total. The monoisotopic (exact) mass is 426 g/mol. The molecular weight excluding hydrogens is 407 g/mol. The Kier molecular flexibility index (Phi) is 5.54. The minimum Gasteiger partial charge on any atom is -0.324 e. The van der Waals surface area contributed by atoms with Crippen LogP contribution in [0.15, 0.2) is 36.4 Å². The smallest absolute Gasteiger partial charge is 0.272 e. The molecule has 0 spiro atoms. The van der Waals surface area contributed by atoms with Crippen LogP contribution in [0.2, 0.25) is 10.0 Å². The van der Waals surface area contributed by atoms with Gasteiger partial charge in [0.1, 0.15) is 11.1 Å². The van der Waals surface area contributed by atoms with Crippen LogP contribution in [0.3, 0.4) is 0 Å².